The second kappa shape index (κ2) is 12.2. The number of anilines is 6. The van der Waals surface area contributed by atoms with Gasteiger partial charge in [-0.3, -0.25) is 0 Å². The molecule has 4 fully saturated rings. The summed E-state index contributed by atoms with van der Waals surface area (Å²) in [6, 6.07) is 66.4. The molecule has 4 heterocycles. The van der Waals surface area contributed by atoms with Gasteiger partial charge in [-0.15, -0.1) is 0 Å². The molecule has 62 heavy (non-hydrogen) atoms. The highest BCUT2D eigenvalue weighted by Crippen LogP contribution is 2.69. The van der Waals surface area contributed by atoms with E-state index in [0.29, 0.717) is 11.8 Å². The van der Waals surface area contributed by atoms with Crippen molar-refractivity contribution in [2.45, 2.75) is 37.5 Å². The highest BCUT2D eigenvalue weighted by atomic mass is 16.3. The number of para-hydroxylation sites is 4. The first-order valence-corrected chi connectivity index (χ1v) is 22.9. The lowest BCUT2D eigenvalue weighted by Gasteiger charge is -2.64. The Kier molecular flexibility index (Phi) is 6.67. The molecule has 1 spiro atoms. The number of furan rings is 1. The Hall–Kier alpha value is -6.78. The zero-order valence-electron chi connectivity index (χ0n) is 34.5. The highest BCUT2D eigenvalue weighted by Gasteiger charge is 2.62. The van der Waals surface area contributed by atoms with E-state index in [2.05, 4.69) is 186 Å². The fraction of sp³-hybridized carbons (Fsp3) is 0.172. The van der Waals surface area contributed by atoms with Gasteiger partial charge in [0.25, 0.3) is 6.71 Å². The van der Waals surface area contributed by atoms with Crippen LogP contribution in [0.1, 0.15) is 43.2 Å². The molecule has 9 aromatic rings. The third-order valence-electron chi connectivity index (χ3n) is 16.4. The van der Waals surface area contributed by atoms with Crippen LogP contribution in [0.3, 0.4) is 0 Å². The maximum Gasteiger partial charge on any atom is 0.252 e. The molecular weight excluding hydrogens is 751 g/mol. The Morgan fingerprint density at radius 1 is 0.468 bits per heavy atom. The minimum atomic E-state index is 0.0428. The van der Waals surface area contributed by atoms with E-state index in [1.54, 1.807) is 11.1 Å². The largest absolute Gasteiger partial charge is 0.455 e. The lowest BCUT2D eigenvalue weighted by molar-refractivity contribution is -0.0419. The quantitative estimate of drug-likeness (QED) is 0.166. The molecule has 0 unspecified atom stereocenters. The minimum Gasteiger partial charge on any atom is -0.455 e. The van der Waals surface area contributed by atoms with Crippen LogP contribution in [0.4, 0.5) is 34.1 Å². The number of fused-ring (bicyclic) bond motifs is 9. The van der Waals surface area contributed by atoms with Gasteiger partial charge in [0.05, 0.1) is 5.69 Å². The maximum atomic E-state index is 6.70. The van der Waals surface area contributed by atoms with Crippen LogP contribution in [-0.4, -0.2) is 6.71 Å². The van der Waals surface area contributed by atoms with Crippen molar-refractivity contribution >= 4 is 79.2 Å². The summed E-state index contributed by atoms with van der Waals surface area (Å²) in [6.45, 7) is 0.0462. The van der Waals surface area contributed by atoms with Crippen molar-refractivity contribution in [2.24, 2.45) is 23.7 Å². The van der Waals surface area contributed by atoms with Gasteiger partial charge >= 0.3 is 0 Å². The van der Waals surface area contributed by atoms with E-state index in [-0.39, 0.29) is 12.1 Å². The topological polar surface area (TPSA) is 19.6 Å². The summed E-state index contributed by atoms with van der Waals surface area (Å²) >= 11 is 0. The van der Waals surface area contributed by atoms with Crippen molar-refractivity contribution in [2.75, 3.05) is 9.80 Å². The van der Waals surface area contributed by atoms with Gasteiger partial charge in [-0.1, -0.05) is 133 Å². The van der Waals surface area contributed by atoms with Crippen molar-refractivity contribution in [1.82, 2.24) is 0 Å². The van der Waals surface area contributed by atoms with Crippen LogP contribution in [0, 0.1) is 23.7 Å². The van der Waals surface area contributed by atoms with Gasteiger partial charge in [-0.05, 0) is 142 Å². The molecule has 0 N–H and O–H groups in total. The van der Waals surface area contributed by atoms with Crippen molar-refractivity contribution in [3.63, 3.8) is 0 Å². The van der Waals surface area contributed by atoms with E-state index in [9.17, 15) is 0 Å². The summed E-state index contributed by atoms with van der Waals surface area (Å²) in [5.41, 5.74) is 21.8. The monoisotopic (exact) mass is 794 g/mol. The standard InChI is InChI=1S/C58H43BN2O/c1-2-12-37(13-3-1)38-14-8-15-42(33-38)60-51-27-26-39(43-17-9-18-45-44-16-4-7-25-54(44)62-57(43)45)34-49(51)59-48-21-10-20-47-56(48)61(53-24-11-23-52(60)55(53)59)50-22-6-5-19-46(50)58(47)40-29-35-28-36(31-40)32-41(58)30-35/h1-27,33-36,40-41H,28-32H2. The van der Waals surface area contributed by atoms with Gasteiger partial charge in [0.15, 0.2) is 0 Å². The summed E-state index contributed by atoms with van der Waals surface area (Å²) in [6.07, 6.45) is 6.92. The van der Waals surface area contributed by atoms with Crippen LogP contribution < -0.4 is 26.2 Å². The zero-order chi connectivity index (χ0) is 40.3. The maximum absolute atomic E-state index is 6.70. The number of hydrogen-bond donors (Lipinski definition) is 0. The molecule has 0 amide bonds. The van der Waals surface area contributed by atoms with Crippen LogP contribution in [0.2, 0.25) is 0 Å². The fourth-order valence-corrected chi connectivity index (χ4v) is 14.4. The molecule has 4 heteroatoms. The minimum absolute atomic E-state index is 0.0428. The van der Waals surface area contributed by atoms with Gasteiger partial charge in [0.2, 0.25) is 0 Å². The van der Waals surface area contributed by atoms with Crippen molar-refractivity contribution < 1.29 is 4.42 Å². The number of hydrogen-bond acceptors (Lipinski definition) is 3. The summed E-state index contributed by atoms with van der Waals surface area (Å²) in [4.78, 5) is 5.25. The first-order chi connectivity index (χ1) is 30.7. The van der Waals surface area contributed by atoms with E-state index in [1.807, 2.05) is 0 Å². The van der Waals surface area contributed by atoms with Crippen molar-refractivity contribution in [3.05, 3.63) is 187 Å². The van der Waals surface area contributed by atoms with Gasteiger partial charge in [-0.2, -0.15) is 0 Å². The number of nitrogens with zero attached hydrogens (tertiary/aromatic N) is 2. The molecule has 0 radical (unpaired) electrons. The third kappa shape index (κ3) is 4.28. The smallest absolute Gasteiger partial charge is 0.252 e. The molecule has 4 bridgehead atoms. The summed E-state index contributed by atoms with van der Waals surface area (Å²) < 4.78 is 6.70. The molecule has 4 saturated carbocycles. The predicted molar refractivity (Wildman–Crippen MR) is 256 cm³/mol. The average molecular weight is 795 g/mol. The molecular formula is C58H43BN2O. The van der Waals surface area contributed by atoms with E-state index < -0.39 is 0 Å². The van der Waals surface area contributed by atoms with Gasteiger partial charge in [0.1, 0.15) is 11.2 Å². The summed E-state index contributed by atoms with van der Waals surface area (Å²) in [5, 5.41) is 2.32. The molecule has 1 aromatic heterocycles. The van der Waals surface area contributed by atoms with Gasteiger partial charge < -0.3 is 14.2 Å². The highest BCUT2D eigenvalue weighted by molar-refractivity contribution is 7.00. The van der Waals surface area contributed by atoms with Crippen LogP contribution in [0.5, 0.6) is 0 Å². The second-order valence-electron chi connectivity index (χ2n) is 19.2. The lowest BCUT2D eigenvalue weighted by Crippen LogP contribution is -2.64. The predicted octanol–water partition coefficient (Wildman–Crippen LogP) is 13.1. The number of benzene rings is 8. The van der Waals surface area contributed by atoms with E-state index in [1.165, 1.54) is 93.6 Å². The Morgan fingerprint density at radius 3 is 2.02 bits per heavy atom. The molecule has 0 saturated heterocycles. The normalized spacial score (nSPS) is 23.1. The van der Waals surface area contributed by atoms with E-state index in [0.717, 1.165) is 45.0 Å². The average Bonchev–Trinajstić information content (AvgIpc) is 3.71. The SMILES string of the molecule is c1ccc(-c2cccc(N3c4ccc(-c5cccc6c5oc5ccccc56)cc4B4c5cccc6c5N(c5ccccc5C65C6CC7CC(C6)CC5C7)c5cccc3c54)c2)cc1. The molecule has 8 aromatic carbocycles. The Morgan fingerprint density at radius 2 is 1.15 bits per heavy atom. The molecule has 3 aliphatic heterocycles. The second-order valence-corrected chi connectivity index (χ2v) is 19.2. The molecule has 0 atom stereocenters. The van der Waals surface area contributed by atoms with Crippen LogP contribution in [-0.2, 0) is 5.41 Å². The Balaban J connectivity index is 1.01. The first-order valence-electron chi connectivity index (χ1n) is 22.9. The van der Waals surface area contributed by atoms with Crippen LogP contribution in [0.25, 0.3) is 44.2 Å². The molecule has 3 nitrogen and oxygen atoms in total. The Labute approximate surface area is 362 Å². The van der Waals surface area contributed by atoms with Crippen LogP contribution in [0.15, 0.2) is 180 Å². The van der Waals surface area contributed by atoms with Gasteiger partial charge in [0, 0.05) is 50.2 Å². The summed E-state index contributed by atoms with van der Waals surface area (Å²) in [7, 11) is 0. The zero-order valence-corrected chi connectivity index (χ0v) is 34.5. The molecule has 16 rings (SSSR count). The van der Waals surface area contributed by atoms with Crippen LogP contribution >= 0.6 is 0 Å². The van der Waals surface area contributed by atoms with Gasteiger partial charge in [-0.25, -0.2) is 0 Å². The third-order valence-corrected chi connectivity index (χ3v) is 16.4. The Bertz CT molecular complexity index is 3340. The van der Waals surface area contributed by atoms with Crippen molar-refractivity contribution in [1.29, 1.82) is 0 Å². The fourth-order valence-electron chi connectivity index (χ4n) is 14.4. The first kappa shape index (κ1) is 33.9. The van der Waals surface area contributed by atoms with E-state index in [4.69, 9.17) is 4.42 Å². The summed E-state index contributed by atoms with van der Waals surface area (Å²) in [5.74, 6) is 3.15. The molecule has 7 aliphatic rings. The molecule has 4 aliphatic carbocycles. The lowest BCUT2D eigenvalue weighted by atomic mass is 9.32. The van der Waals surface area contributed by atoms with E-state index >= 15 is 0 Å². The number of rotatable bonds is 3. The van der Waals surface area contributed by atoms with Crippen molar-refractivity contribution in [3.8, 4) is 22.3 Å². The molecule has 294 valence electrons.